The molecule has 1 aliphatic carbocycles. The van der Waals surface area contributed by atoms with Crippen molar-refractivity contribution in [2.45, 2.75) is 39.5 Å². The summed E-state index contributed by atoms with van der Waals surface area (Å²) in [7, 11) is 1.58. The fraction of sp³-hybridized carbons (Fsp3) is 0.769. The van der Waals surface area contributed by atoms with Gasteiger partial charge >= 0.3 is 0 Å². The fourth-order valence-corrected chi connectivity index (χ4v) is 2.75. The second-order valence-electron chi connectivity index (χ2n) is 5.80. The van der Waals surface area contributed by atoms with Crippen molar-refractivity contribution in [3.63, 3.8) is 0 Å². The third-order valence-corrected chi connectivity index (χ3v) is 4.29. The molecule has 1 rings (SSSR count). The molecule has 0 radical (unpaired) electrons. The summed E-state index contributed by atoms with van der Waals surface area (Å²) < 4.78 is 0. The third-order valence-electron chi connectivity index (χ3n) is 3.90. The van der Waals surface area contributed by atoms with E-state index in [4.69, 9.17) is 18.0 Å². The van der Waals surface area contributed by atoms with E-state index in [1.54, 1.807) is 20.9 Å². The summed E-state index contributed by atoms with van der Waals surface area (Å²) in [5.41, 5.74) is 4.38. The number of rotatable bonds is 5. The van der Waals surface area contributed by atoms with Crippen LogP contribution >= 0.6 is 12.2 Å². The zero-order valence-electron chi connectivity index (χ0n) is 11.8. The summed E-state index contributed by atoms with van der Waals surface area (Å²) in [5, 5.41) is 5.43. The van der Waals surface area contributed by atoms with Gasteiger partial charge in [0.25, 0.3) is 0 Å². The molecule has 0 aromatic heterocycles. The largest absolute Gasteiger partial charge is 0.392 e. The van der Waals surface area contributed by atoms with Crippen LogP contribution in [0, 0.1) is 10.8 Å². The van der Waals surface area contributed by atoms with Crippen molar-refractivity contribution in [2.75, 3.05) is 13.6 Å². The molecule has 1 aliphatic rings. The lowest BCUT2D eigenvalue weighted by Gasteiger charge is -2.29. The van der Waals surface area contributed by atoms with Crippen LogP contribution in [0.5, 0.6) is 0 Å². The van der Waals surface area contributed by atoms with Crippen LogP contribution < -0.4 is 16.4 Å². The molecule has 0 unspecified atom stereocenters. The van der Waals surface area contributed by atoms with Crippen LogP contribution in [0.25, 0.3) is 0 Å². The SMILES string of the molecule is CNC(=O)C(C)(C)CNC(=O)C1(C(N)=S)CCCC1. The molecule has 1 saturated carbocycles. The van der Waals surface area contributed by atoms with Gasteiger partial charge in [0.15, 0.2) is 0 Å². The Bertz CT molecular complexity index is 387. The molecule has 0 aromatic carbocycles. The van der Waals surface area contributed by atoms with E-state index in [-0.39, 0.29) is 23.3 Å². The highest BCUT2D eigenvalue weighted by Gasteiger charge is 2.44. The van der Waals surface area contributed by atoms with E-state index in [1.165, 1.54) is 0 Å². The molecule has 0 aromatic rings. The smallest absolute Gasteiger partial charge is 0.233 e. The molecule has 0 bridgehead atoms. The first-order valence-electron chi connectivity index (χ1n) is 6.57. The topological polar surface area (TPSA) is 84.2 Å². The minimum absolute atomic E-state index is 0.108. The maximum atomic E-state index is 12.4. The van der Waals surface area contributed by atoms with Crippen LogP contribution in [0.15, 0.2) is 0 Å². The Labute approximate surface area is 119 Å². The van der Waals surface area contributed by atoms with Gasteiger partial charge in [0.2, 0.25) is 11.8 Å². The Balaban J connectivity index is 2.69. The molecule has 0 heterocycles. The van der Waals surface area contributed by atoms with Gasteiger partial charge in [-0.25, -0.2) is 0 Å². The second kappa shape index (κ2) is 5.86. The number of hydrogen-bond donors (Lipinski definition) is 3. The van der Waals surface area contributed by atoms with Gasteiger partial charge in [0.05, 0.1) is 15.8 Å². The molecule has 0 saturated heterocycles. The van der Waals surface area contributed by atoms with Gasteiger partial charge in [-0.3, -0.25) is 9.59 Å². The molecule has 6 heteroatoms. The summed E-state index contributed by atoms with van der Waals surface area (Å²) in [6.07, 6.45) is 3.33. The molecular weight excluding hydrogens is 262 g/mol. The first-order chi connectivity index (χ1) is 8.76. The highest BCUT2D eigenvalue weighted by molar-refractivity contribution is 7.80. The zero-order valence-corrected chi connectivity index (χ0v) is 12.7. The maximum absolute atomic E-state index is 12.4. The van der Waals surface area contributed by atoms with Gasteiger partial charge in [0, 0.05) is 13.6 Å². The van der Waals surface area contributed by atoms with Gasteiger partial charge in [-0.2, -0.15) is 0 Å². The normalized spacial score (nSPS) is 17.8. The Morgan fingerprint density at radius 2 is 1.84 bits per heavy atom. The quantitative estimate of drug-likeness (QED) is 0.650. The van der Waals surface area contributed by atoms with Crippen molar-refractivity contribution in [3.8, 4) is 0 Å². The van der Waals surface area contributed by atoms with Crippen molar-refractivity contribution in [3.05, 3.63) is 0 Å². The second-order valence-corrected chi connectivity index (χ2v) is 6.24. The summed E-state index contributed by atoms with van der Waals surface area (Å²) in [6, 6.07) is 0. The van der Waals surface area contributed by atoms with E-state index < -0.39 is 10.8 Å². The average Bonchev–Trinajstić information content (AvgIpc) is 2.85. The van der Waals surface area contributed by atoms with Crippen LogP contribution in [0.2, 0.25) is 0 Å². The highest BCUT2D eigenvalue weighted by atomic mass is 32.1. The van der Waals surface area contributed by atoms with Gasteiger partial charge < -0.3 is 16.4 Å². The summed E-state index contributed by atoms with van der Waals surface area (Å²) in [6.45, 7) is 3.85. The van der Waals surface area contributed by atoms with Gasteiger partial charge in [0.1, 0.15) is 0 Å². The van der Waals surface area contributed by atoms with Crippen LogP contribution in [0.1, 0.15) is 39.5 Å². The van der Waals surface area contributed by atoms with E-state index in [1.807, 2.05) is 0 Å². The molecule has 108 valence electrons. The van der Waals surface area contributed by atoms with Gasteiger partial charge in [-0.15, -0.1) is 0 Å². The molecule has 5 nitrogen and oxygen atoms in total. The first kappa shape index (κ1) is 15.9. The summed E-state index contributed by atoms with van der Waals surface area (Å²) in [4.78, 5) is 24.3. The molecule has 4 N–H and O–H groups in total. The van der Waals surface area contributed by atoms with Crippen LogP contribution in [-0.4, -0.2) is 30.4 Å². The van der Waals surface area contributed by atoms with Crippen molar-refractivity contribution < 1.29 is 9.59 Å². The lowest BCUT2D eigenvalue weighted by Crippen LogP contribution is -2.51. The Kier molecular flexibility index (Phi) is 4.90. The number of nitrogens with two attached hydrogens (primary N) is 1. The number of carbonyl (C=O) groups is 2. The number of carbonyl (C=O) groups excluding carboxylic acids is 2. The lowest BCUT2D eigenvalue weighted by atomic mass is 9.84. The Morgan fingerprint density at radius 3 is 2.26 bits per heavy atom. The maximum Gasteiger partial charge on any atom is 0.233 e. The molecule has 2 amide bonds. The first-order valence-corrected chi connectivity index (χ1v) is 6.97. The molecular formula is C13H23N3O2S. The third kappa shape index (κ3) is 3.23. The number of hydrogen-bond acceptors (Lipinski definition) is 3. The predicted octanol–water partition coefficient (Wildman–Crippen LogP) is 0.721. The number of amides is 2. The van der Waals surface area contributed by atoms with Gasteiger partial charge in [-0.1, -0.05) is 25.1 Å². The molecule has 0 spiro atoms. The van der Waals surface area contributed by atoms with E-state index in [2.05, 4.69) is 10.6 Å². The molecule has 0 atom stereocenters. The van der Waals surface area contributed by atoms with Crippen molar-refractivity contribution in [2.24, 2.45) is 16.6 Å². The molecule has 1 fully saturated rings. The minimum Gasteiger partial charge on any atom is -0.392 e. The van der Waals surface area contributed by atoms with Gasteiger partial charge in [-0.05, 0) is 26.7 Å². The average molecular weight is 285 g/mol. The predicted molar refractivity (Wildman–Crippen MR) is 78.5 cm³/mol. The van der Waals surface area contributed by atoms with Crippen LogP contribution in [0.4, 0.5) is 0 Å². The molecule has 19 heavy (non-hydrogen) atoms. The molecule has 0 aliphatic heterocycles. The van der Waals surface area contributed by atoms with E-state index >= 15 is 0 Å². The van der Waals surface area contributed by atoms with E-state index in [9.17, 15) is 9.59 Å². The number of thiocarbonyl (C=S) groups is 1. The minimum atomic E-state index is -0.714. The van der Waals surface area contributed by atoms with Crippen LogP contribution in [-0.2, 0) is 9.59 Å². The Hall–Kier alpha value is -1.17. The standard InChI is InChI=1S/C13H23N3O2S/c1-12(2,10(17)15-3)8-16-11(18)13(9(14)19)6-4-5-7-13/h4-8H2,1-3H3,(H2,14,19)(H,15,17)(H,16,18). The van der Waals surface area contributed by atoms with Crippen molar-refractivity contribution >= 4 is 29.0 Å². The summed E-state index contributed by atoms with van der Waals surface area (Å²) >= 11 is 5.06. The number of nitrogens with one attached hydrogen (secondary N) is 2. The van der Waals surface area contributed by atoms with E-state index in [0.29, 0.717) is 12.8 Å². The Morgan fingerprint density at radius 1 is 1.32 bits per heavy atom. The summed E-state index contributed by atoms with van der Waals surface area (Å²) in [5.74, 6) is -0.252. The van der Waals surface area contributed by atoms with Crippen molar-refractivity contribution in [1.82, 2.24) is 10.6 Å². The van der Waals surface area contributed by atoms with Crippen LogP contribution in [0.3, 0.4) is 0 Å². The van der Waals surface area contributed by atoms with Crippen molar-refractivity contribution in [1.29, 1.82) is 0 Å². The lowest BCUT2D eigenvalue weighted by molar-refractivity contribution is -0.131. The fourth-order valence-electron chi connectivity index (χ4n) is 2.45. The van der Waals surface area contributed by atoms with E-state index in [0.717, 1.165) is 12.8 Å². The zero-order chi connectivity index (χ0) is 14.7. The monoisotopic (exact) mass is 285 g/mol. The highest BCUT2D eigenvalue weighted by Crippen LogP contribution is 2.38.